The van der Waals surface area contributed by atoms with E-state index in [-0.39, 0.29) is 23.8 Å². The number of anilines is 1. The van der Waals surface area contributed by atoms with Crippen molar-refractivity contribution in [3.8, 4) is 0 Å². The Labute approximate surface area is 149 Å². The quantitative estimate of drug-likeness (QED) is 0.848. The lowest BCUT2D eigenvalue weighted by Gasteiger charge is -2.31. The first kappa shape index (κ1) is 18.0. The summed E-state index contributed by atoms with van der Waals surface area (Å²) in [4.78, 5) is 30.7. The maximum atomic E-state index is 12.6. The van der Waals surface area contributed by atoms with E-state index in [0.717, 1.165) is 4.47 Å². The molecule has 7 heteroatoms. The van der Waals surface area contributed by atoms with Crippen LogP contribution in [0.4, 0.5) is 5.69 Å². The van der Waals surface area contributed by atoms with Gasteiger partial charge >= 0.3 is 0 Å². The number of nitrogens with zero attached hydrogens (tertiary/aromatic N) is 2. The first-order chi connectivity index (χ1) is 10.7. The van der Waals surface area contributed by atoms with Crippen LogP contribution < -0.4 is 5.32 Å². The van der Waals surface area contributed by atoms with Gasteiger partial charge in [-0.1, -0.05) is 27.7 Å². The van der Waals surface area contributed by atoms with Crippen molar-refractivity contribution in [1.82, 2.24) is 4.90 Å². The van der Waals surface area contributed by atoms with E-state index in [9.17, 15) is 9.59 Å². The summed E-state index contributed by atoms with van der Waals surface area (Å²) >= 11 is 4.70. The molecule has 1 heterocycles. The standard InChI is InChI=1S/C16H20BrN3O2S/c1-16(2,3)20-14(22)12(23-15(20)18-4)9-13(21)19-11-7-5-10(17)6-8-11/h5-8,12H,9H2,1-4H3,(H,19,21)/t12-/m1/s1. The molecule has 0 saturated carbocycles. The van der Waals surface area contributed by atoms with Crippen molar-refractivity contribution in [2.24, 2.45) is 4.99 Å². The van der Waals surface area contributed by atoms with Crippen LogP contribution >= 0.6 is 27.7 Å². The normalized spacial score (nSPS) is 20.2. The molecule has 0 radical (unpaired) electrons. The van der Waals surface area contributed by atoms with Gasteiger partial charge in [-0.15, -0.1) is 0 Å². The fourth-order valence-electron chi connectivity index (χ4n) is 2.28. The molecule has 2 amide bonds. The van der Waals surface area contributed by atoms with E-state index in [1.165, 1.54) is 11.8 Å². The minimum absolute atomic E-state index is 0.0611. The van der Waals surface area contributed by atoms with Gasteiger partial charge in [0.2, 0.25) is 11.8 Å². The summed E-state index contributed by atoms with van der Waals surface area (Å²) in [5, 5.41) is 3.06. The number of rotatable bonds is 3. The van der Waals surface area contributed by atoms with Gasteiger partial charge in [-0.3, -0.25) is 19.5 Å². The zero-order valence-corrected chi connectivity index (χ0v) is 16.0. The number of nitrogens with one attached hydrogen (secondary N) is 1. The van der Waals surface area contributed by atoms with Crippen molar-refractivity contribution >= 4 is 50.4 Å². The van der Waals surface area contributed by atoms with Gasteiger partial charge in [0, 0.05) is 29.2 Å². The van der Waals surface area contributed by atoms with Crippen molar-refractivity contribution in [2.75, 3.05) is 12.4 Å². The van der Waals surface area contributed by atoms with Crippen LogP contribution in [0.5, 0.6) is 0 Å². The largest absolute Gasteiger partial charge is 0.326 e. The minimum atomic E-state index is -0.427. The maximum absolute atomic E-state index is 12.6. The lowest BCUT2D eigenvalue weighted by Crippen LogP contribution is -2.46. The molecular weight excluding hydrogens is 378 g/mol. The van der Waals surface area contributed by atoms with Gasteiger partial charge in [0.05, 0.1) is 0 Å². The summed E-state index contributed by atoms with van der Waals surface area (Å²) in [6.07, 6.45) is 0.130. The van der Waals surface area contributed by atoms with Crippen LogP contribution in [0.1, 0.15) is 27.2 Å². The molecule has 1 N–H and O–H groups in total. The second-order valence-corrected chi connectivity index (χ2v) is 8.30. The third-order valence-electron chi connectivity index (χ3n) is 3.30. The average molecular weight is 398 g/mol. The predicted molar refractivity (Wildman–Crippen MR) is 98.7 cm³/mol. The minimum Gasteiger partial charge on any atom is -0.326 e. The second-order valence-electron chi connectivity index (χ2n) is 6.22. The van der Waals surface area contributed by atoms with Gasteiger partial charge in [-0.05, 0) is 45.0 Å². The van der Waals surface area contributed by atoms with E-state index >= 15 is 0 Å². The number of hydrogen-bond acceptors (Lipinski definition) is 4. The molecule has 1 saturated heterocycles. The van der Waals surface area contributed by atoms with E-state index in [2.05, 4.69) is 26.2 Å². The summed E-state index contributed by atoms with van der Waals surface area (Å²) in [5.41, 5.74) is 0.362. The Morgan fingerprint density at radius 1 is 1.35 bits per heavy atom. The Morgan fingerprint density at radius 3 is 2.43 bits per heavy atom. The third-order valence-corrected chi connectivity index (χ3v) is 5.05. The molecule has 0 bridgehead atoms. The van der Waals surface area contributed by atoms with Crippen molar-refractivity contribution in [3.63, 3.8) is 0 Å². The fraction of sp³-hybridized carbons (Fsp3) is 0.438. The van der Waals surface area contributed by atoms with E-state index in [1.807, 2.05) is 45.0 Å². The highest BCUT2D eigenvalue weighted by Crippen LogP contribution is 2.34. The van der Waals surface area contributed by atoms with Gasteiger partial charge in [0.15, 0.2) is 5.17 Å². The average Bonchev–Trinajstić information content (AvgIpc) is 2.77. The molecule has 1 aromatic carbocycles. The molecule has 0 unspecified atom stereocenters. The van der Waals surface area contributed by atoms with E-state index in [1.54, 1.807) is 11.9 Å². The number of aliphatic imine (C=N–C) groups is 1. The van der Waals surface area contributed by atoms with Crippen LogP contribution in [-0.4, -0.2) is 39.7 Å². The molecule has 1 fully saturated rings. The molecule has 23 heavy (non-hydrogen) atoms. The number of amidine groups is 1. The number of carbonyl (C=O) groups excluding carboxylic acids is 2. The molecule has 5 nitrogen and oxygen atoms in total. The van der Waals surface area contributed by atoms with Crippen molar-refractivity contribution in [1.29, 1.82) is 0 Å². The Bertz CT molecular complexity index is 638. The van der Waals surface area contributed by atoms with Gasteiger partial charge in [0.1, 0.15) is 5.25 Å². The van der Waals surface area contributed by atoms with Gasteiger partial charge in [-0.25, -0.2) is 0 Å². The Kier molecular flexibility index (Phi) is 5.52. The zero-order valence-electron chi connectivity index (χ0n) is 13.6. The monoisotopic (exact) mass is 397 g/mol. The van der Waals surface area contributed by atoms with Crippen LogP contribution in [-0.2, 0) is 9.59 Å². The fourth-order valence-corrected chi connectivity index (χ4v) is 3.82. The van der Waals surface area contributed by atoms with Crippen molar-refractivity contribution in [3.05, 3.63) is 28.7 Å². The van der Waals surface area contributed by atoms with Crippen LogP contribution in [0, 0.1) is 0 Å². The number of amides is 2. The van der Waals surface area contributed by atoms with Crippen LogP contribution in [0.15, 0.2) is 33.7 Å². The maximum Gasteiger partial charge on any atom is 0.243 e. The summed E-state index contributed by atoms with van der Waals surface area (Å²) < 4.78 is 0.946. The highest BCUT2D eigenvalue weighted by molar-refractivity contribution is 9.10. The Morgan fingerprint density at radius 2 is 1.96 bits per heavy atom. The first-order valence-electron chi connectivity index (χ1n) is 7.25. The van der Waals surface area contributed by atoms with Crippen LogP contribution in [0.3, 0.4) is 0 Å². The van der Waals surface area contributed by atoms with Crippen molar-refractivity contribution in [2.45, 2.75) is 38.0 Å². The number of hydrogen-bond donors (Lipinski definition) is 1. The van der Waals surface area contributed by atoms with E-state index in [4.69, 9.17) is 0 Å². The smallest absolute Gasteiger partial charge is 0.243 e. The molecular formula is C16H20BrN3O2S. The summed E-state index contributed by atoms with van der Waals surface area (Å²) in [6, 6.07) is 7.33. The van der Waals surface area contributed by atoms with E-state index < -0.39 is 5.25 Å². The Hall–Kier alpha value is -1.34. The molecule has 2 rings (SSSR count). The molecule has 1 aromatic rings. The number of halogens is 1. The highest BCUT2D eigenvalue weighted by atomic mass is 79.9. The van der Waals surface area contributed by atoms with Gasteiger partial charge in [0.25, 0.3) is 0 Å². The summed E-state index contributed by atoms with van der Waals surface area (Å²) in [6.45, 7) is 5.88. The van der Waals surface area contributed by atoms with Crippen molar-refractivity contribution < 1.29 is 9.59 Å². The summed E-state index contributed by atoms with van der Waals surface area (Å²) in [5.74, 6) is -0.238. The molecule has 1 aliphatic heterocycles. The lowest BCUT2D eigenvalue weighted by molar-refractivity contribution is -0.131. The Balaban J connectivity index is 2.04. The zero-order chi connectivity index (χ0) is 17.2. The summed E-state index contributed by atoms with van der Waals surface area (Å²) in [7, 11) is 1.67. The highest BCUT2D eigenvalue weighted by Gasteiger charge is 2.43. The van der Waals surface area contributed by atoms with Crippen LogP contribution in [0.25, 0.3) is 0 Å². The van der Waals surface area contributed by atoms with Gasteiger partial charge in [-0.2, -0.15) is 0 Å². The number of thioether (sulfide) groups is 1. The molecule has 0 spiro atoms. The SMILES string of the molecule is CN=C1S[C@H](CC(=O)Nc2ccc(Br)cc2)C(=O)N1C(C)(C)C. The molecule has 1 aliphatic rings. The first-order valence-corrected chi connectivity index (χ1v) is 8.92. The molecule has 0 aromatic heterocycles. The van der Waals surface area contributed by atoms with E-state index in [0.29, 0.717) is 10.9 Å². The lowest BCUT2D eigenvalue weighted by atomic mass is 10.1. The molecule has 1 atom stereocenters. The topological polar surface area (TPSA) is 61.8 Å². The van der Waals surface area contributed by atoms with Crippen LogP contribution in [0.2, 0.25) is 0 Å². The number of benzene rings is 1. The predicted octanol–water partition coefficient (Wildman–Crippen LogP) is 3.51. The van der Waals surface area contributed by atoms with Gasteiger partial charge < -0.3 is 5.32 Å². The molecule has 124 valence electrons. The third kappa shape index (κ3) is 4.35. The number of carbonyl (C=O) groups is 2. The second kappa shape index (κ2) is 7.05. The molecule has 0 aliphatic carbocycles.